The Morgan fingerprint density at radius 3 is 2.22 bits per heavy atom. The molecule has 0 aromatic heterocycles. The van der Waals surface area contributed by atoms with Gasteiger partial charge in [0.25, 0.3) is 5.91 Å². The molecular formula is C41H36N6O4. The van der Waals surface area contributed by atoms with Crippen LogP contribution in [0.2, 0.25) is 0 Å². The van der Waals surface area contributed by atoms with Gasteiger partial charge in [-0.15, -0.1) is 0 Å². The van der Waals surface area contributed by atoms with E-state index in [1.54, 1.807) is 30.3 Å². The van der Waals surface area contributed by atoms with Crippen LogP contribution in [0.1, 0.15) is 52.8 Å². The van der Waals surface area contributed by atoms with E-state index in [-0.39, 0.29) is 25.0 Å². The van der Waals surface area contributed by atoms with Crippen LogP contribution in [0, 0.1) is 0 Å². The first-order valence-electron chi connectivity index (χ1n) is 16.8. The van der Waals surface area contributed by atoms with Gasteiger partial charge in [-0.25, -0.2) is 10.4 Å². The normalized spacial score (nSPS) is 17.6. The van der Waals surface area contributed by atoms with Gasteiger partial charge in [-0.3, -0.25) is 10.2 Å². The Morgan fingerprint density at radius 1 is 0.882 bits per heavy atom. The molecule has 0 unspecified atom stereocenters. The van der Waals surface area contributed by atoms with Crippen LogP contribution in [0.4, 0.5) is 5.69 Å². The van der Waals surface area contributed by atoms with Crippen LogP contribution in [-0.2, 0) is 9.53 Å². The SMILES string of the molecule is [N-]=[N+]=Nc1ccccc1[C@@H]1OC(c2ccc(OCCCO)cc2)=N[C@]1(C/C=C/c1ccccc1)C(=O)NNC1c2ccccc2-c2ccccc21. The fraction of sp³-hybridized carbons (Fsp3) is 0.171. The van der Waals surface area contributed by atoms with Crippen LogP contribution in [-0.4, -0.2) is 35.7 Å². The van der Waals surface area contributed by atoms with Gasteiger partial charge in [-0.2, -0.15) is 0 Å². The maximum Gasteiger partial charge on any atom is 0.266 e. The minimum atomic E-state index is -1.53. The first kappa shape index (κ1) is 33.3. The third-order valence-corrected chi connectivity index (χ3v) is 9.10. The number of hydrogen-bond acceptors (Lipinski definition) is 7. The second-order valence-electron chi connectivity index (χ2n) is 12.3. The van der Waals surface area contributed by atoms with E-state index in [4.69, 9.17) is 19.6 Å². The minimum Gasteiger partial charge on any atom is -0.494 e. The van der Waals surface area contributed by atoms with E-state index in [0.29, 0.717) is 35.6 Å². The average molecular weight is 677 g/mol. The Kier molecular flexibility index (Phi) is 9.89. The zero-order valence-corrected chi connectivity index (χ0v) is 27.7. The highest BCUT2D eigenvalue weighted by Gasteiger charge is 2.53. The maximum absolute atomic E-state index is 14.9. The molecule has 2 atom stereocenters. The third-order valence-electron chi connectivity index (χ3n) is 9.10. The number of nitrogens with one attached hydrogen (secondary N) is 2. The van der Waals surface area contributed by atoms with Crippen molar-refractivity contribution in [3.63, 3.8) is 0 Å². The summed E-state index contributed by atoms with van der Waals surface area (Å²) < 4.78 is 12.4. The molecule has 7 rings (SSSR count). The number of aliphatic hydroxyl groups excluding tert-OH is 1. The number of fused-ring (bicyclic) bond motifs is 3. The Hall–Kier alpha value is -6.19. The van der Waals surface area contributed by atoms with Gasteiger partial charge in [-0.05, 0) is 57.6 Å². The highest BCUT2D eigenvalue weighted by molar-refractivity contribution is 6.01. The summed E-state index contributed by atoms with van der Waals surface area (Å²) in [6, 6.07) is 40.1. The monoisotopic (exact) mass is 676 g/mol. The molecule has 2 aliphatic rings. The molecule has 1 amide bonds. The smallest absolute Gasteiger partial charge is 0.266 e. The number of aliphatic imine (C=N–C) groups is 1. The van der Waals surface area contributed by atoms with E-state index < -0.39 is 17.6 Å². The summed E-state index contributed by atoms with van der Waals surface area (Å²) in [5.41, 5.74) is 21.1. The Morgan fingerprint density at radius 2 is 1.53 bits per heavy atom. The van der Waals surface area contributed by atoms with Crippen molar-refractivity contribution in [2.24, 2.45) is 10.1 Å². The van der Waals surface area contributed by atoms with Gasteiger partial charge in [-0.1, -0.05) is 120 Å². The quantitative estimate of drug-likeness (QED) is 0.0380. The molecule has 1 aliphatic heterocycles. The van der Waals surface area contributed by atoms with Crippen molar-refractivity contribution in [1.82, 2.24) is 10.9 Å². The van der Waals surface area contributed by atoms with Gasteiger partial charge in [0.2, 0.25) is 5.90 Å². The molecule has 0 fully saturated rings. The van der Waals surface area contributed by atoms with Gasteiger partial charge in [0.1, 0.15) is 5.75 Å². The zero-order valence-electron chi connectivity index (χ0n) is 27.7. The van der Waals surface area contributed by atoms with E-state index >= 15 is 0 Å². The van der Waals surface area contributed by atoms with Crippen LogP contribution >= 0.6 is 0 Å². The summed E-state index contributed by atoms with van der Waals surface area (Å²) in [6.45, 7) is 0.421. The molecule has 10 heteroatoms. The van der Waals surface area contributed by atoms with E-state index in [0.717, 1.165) is 27.8 Å². The van der Waals surface area contributed by atoms with Crippen molar-refractivity contribution >= 4 is 23.6 Å². The molecule has 0 spiro atoms. The molecule has 0 saturated heterocycles. The van der Waals surface area contributed by atoms with Crippen molar-refractivity contribution in [2.75, 3.05) is 13.2 Å². The molecule has 0 radical (unpaired) electrons. The molecule has 0 saturated carbocycles. The lowest BCUT2D eigenvalue weighted by atomic mass is 9.83. The van der Waals surface area contributed by atoms with Crippen molar-refractivity contribution in [3.05, 3.63) is 172 Å². The minimum absolute atomic E-state index is 0.0406. The summed E-state index contributed by atoms with van der Waals surface area (Å²) >= 11 is 0. The number of rotatable bonds is 13. The van der Waals surface area contributed by atoms with Crippen molar-refractivity contribution in [2.45, 2.75) is 30.5 Å². The van der Waals surface area contributed by atoms with Gasteiger partial charge in [0, 0.05) is 41.2 Å². The number of hydrogen-bond donors (Lipinski definition) is 3. The lowest BCUT2D eigenvalue weighted by Gasteiger charge is -2.31. The van der Waals surface area contributed by atoms with E-state index in [2.05, 4.69) is 45.1 Å². The van der Waals surface area contributed by atoms with E-state index in [1.807, 2.05) is 84.9 Å². The molecule has 5 aromatic rings. The summed E-state index contributed by atoms with van der Waals surface area (Å²) in [5, 5.41) is 13.1. The summed E-state index contributed by atoms with van der Waals surface area (Å²) in [7, 11) is 0. The number of carbonyl (C=O) groups excluding carboxylic acids is 1. The van der Waals surface area contributed by atoms with Crippen molar-refractivity contribution in [3.8, 4) is 16.9 Å². The lowest BCUT2D eigenvalue weighted by Crippen LogP contribution is -2.53. The summed E-state index contributed by atoms with van der Waals surface area (Å²) in [5.74, 6) is 0.478. The van der Waals surface area contributed by atoms with Gasteiger partial charge in [0.05, 0.1) is 12.6 Å². The number of hydrazine groups is 1. The molecule has 10 nitrogen and oxygen atoms in total. The molecule has 5 aromatic carbocycles. The van der Waals surface area contributed by atoms with Crippen LogP contribution in [0.3, 0.4) is 0 Å². The number of ether oxygens (including phenoxy) is 2. The number of amides is 1. The van der Waals surface area contributed by atoms with Crippen LogP contribution in [0.25, 0.3) is 27.6 Å². The second-order valence-corrected chi connectivity index (χ2v) is 12.3. The fourth-order valence-electron chi connectivity index (χ4n) is 6.64. The predicted molar refractivity (Wildman–Crippen MR) is 197 cm³/mol. The first-order chi connectivity index (χ1) is 25.1. The number of aliphatic hydroxyl groups is 1. The standard InChI is InChI=1S/C41H36N6O4/c42-47-44-36-20-9-8-19-35(36)38-41(25-10-14-28-12-2-1-3-13-28,43-39(51-38)29-21-23-30(24-22-29)50-27-11-26-48)40(49)46-45-37-33-17-6-4-15-31(33)32-16-5-7-18-34(32)37/h1-10,12-24,37-38,45,48H,11,25-27H2,(H,46,49)/b14-10+/t38-,41-/m0/s1. The second kappa shape index (κ2) is 15.1. The fourth-order valence-corrected chi connectivity index (χ4v) is 6.64. The third kappa shape index (κ3) is 6.84. The van der Waals surface area contributed by atoms with Crippen LogP contribution in [0.15, 0.2) is 144 Å². The Bertz CT molecular complexity index is 2080. The highest BCUT2D eigenvalue weighted by Crippen LogP contribution is 2.46. The Balaban J connectivity index is 1.29. The topological polar surface area (TPSA) is 141 Å². The van der Waals surface area contributed by atoms with Gasteiger partial charge >= 0.3 is 0 Å². The highest BCUT2D eigenvalue weighted by atomic mass is 16.5. The zero-order chi connectivity index (χ0) is 35.0. The number of nitrogens with zero attached hydrogens (tertiary/aromatic N) is 4. The van der Waals surface area contributed by atoms with Crippen LogP contribution < -0.4 is 15.6 Å². The Labute approximate surface area is 295 Å². The number of azide groups is 1. The predicted octanol–water partition coefficient (Wildman–Crippen LogP) is 8.14. The largest absolute Gasteiger partial charge is 0.494 e. The summed E-state index contributed by atoms with van der Waals surface area (Å²) in [6.07, 6.45) is 3.60. The summed E-state index contributed by atoms with van der Waals surface area (Å²) in [4.78, 5) is 23.0. The molecular weight excluding hydrogens is 640 g/mol. The van der Waals surface area contributed by atoms with Crippen molar-refractivity contribution < 1.29 is 19.4 Å². The molecule has 254 valence electrons. The van der Waals surface area contributed by atoms with E-state index in [9.17, 15) is 10.3 Å². The van der Waals surface area contributed by atoms with Gasteiger partial charge in [0.15, 0.2) is 11.6 Å². The van der Waals surface area contributed by atoms with Gasteiger partial charge < -0.3 is 14.6 Å². The van der Waals surface area contributed by atoms with Crippen molar-refractivity contribution in [1.29, 1.82) is 0 Å². The maximum atomic E-state index is 14.9. The molecule has 1 heterocycles. The number of benzene rings is 5. The molecule has 3 N–H and O–H groups in total. The molecule has 51 heavy (non-hydrogen) atoms. The van der Waals surface area contributed by atoms with E-state index in [1.165, 1.54) is 0 Å². The van der Waals surface area contributed by atoms with Crippen LogP contribution in [0.5, 0.6) is 5.75 Å². The number of carbonyl (C=O) groups is 1. The first-order valence-corrected chi connectivity index (χ1v) is 16.8. The lowest BCUT2D eigenvalue weighted by molar-refractivity contribution is -0.130. The molecule has 0 bridgehead atoms. The average Bonchev–Trinajstić information content (AvgIpc) is 3.72. The molecule has 1 aliphatic carbocycles.